The van der Waals surface area contributed by atoms with Gasteiger partial charge in [-0.2, -0.15) is 0 Å². The highest BCUT2D eigenvalue weighted by atomic mass is 79.9. The van der Waals surface area contributed by atoms with Crippen LogP contribution in [0, 0.1) is 5.82 Å². The van der Waals surface area contributed by atoms with E-state index in [1.165, 1.54) is 12.1 Å². The number of benzene rings is 2. The van der Waals surface area contributed by atoms with Crippen LogP contribution in [0.2, 0.25) is 0 Å². The Morgan fingerprint density at radius 2 is 1.90 bits per heavy atom. The summed E-state index contributed by atoms with van der Waals surface area (Å²) >= 11 is 6.90. The fourth-order valence-electron chi connectivity index (χ4n) is 2.09. The zero-order chi connectivity index (χ0) is 15.0. The molecule has 0 spiro atoms. The molecule has 3 nitrogen and oxygen atoms in total. The Balaban J connectivity index is 2.24. The lowest BCUT2D eigenvalue weighted by atomic mass is 10.0. The van der Waals surface area contributed by atoms with Crippen molar-refractivity contribution in [2.75, 3.05) is 5.73 Å². The zero-order valence-electron chi connectivity index (χ0n) is 10.6. The van der Waals surface area contributed by atoms with Gasteiger partial charge < -0.3 is 10.3 Å². The number of rotatable bonds is 2. The summed E-state index contributed by atoms with van der Waals surface area (Å²) in [5.74, 6) is -0.185. The van der Waals surface area contributed by atoms with E-state index in [0.717, 1.165) is 14.5 Å². The van der Waals surface area contributed by atoms with E-state index in [1.807, 2.05) is 18.2 Å². The first-order valence-electron chi connectivity index (χ1n) is 6.03. The average molecular weight is 412 g/mol. The molecule has 3 rings (SSSR count). The molecule has 3 aromatic rings. The van der Waals surface area contributed by atoms with Crippen LogP contribution in [-0.4, -0.2) is 5.16 Å². The van der Waals surface area contributed by atoms with Crippen molar-refractivity contribution < 1.29 is 8.91 Å². The Morgan fingerprint density at radius 1 is 1.10 bits per heavy atom. The molecule has 0 aliphatic heterocycles. The Bertz CT molecular complexity index is 817. The summed E-state index contributed by atoms with van der Waals surface area (Å²) in [6.45, 7) is 0. The van der Waals surface area contributed by atoms with Crippen LogP contribution < -0.4 is 5.73 Å². The predicted molar refractivity (Wildman–Crippen MR) is 87.1 cm³/mol. The van der Waals surface area contributed by atoms with Crippen LogP contribution in [0.4, 0.5) is 10.3 Å². The monoisotopic (exact) mass is 410 g/mol. The molecule has 0 atom stereocenters. The standard InChI is InChI=1S/C15H9Br2FN2O/c16-9-4-5-12(17)11(7-9)14-13(15(19)21-20-14)8-2-1-3-10(18)6-8/h1-7H,19H2. The third-order valence-electron chi connectivity index (χ3n) is 3.02. The average Bonchev–Trinajstić information content (AvgIpc) is 2.83. The van der Waals surface area contributed by atoms with E-state index in [4.69, 9.17) is 10.3 Å². The van der Waals surface area contributed by atoms with Crippen LogP contribution in [0.15, 0.2) is 55.9 Å². The maximum Gasteiger partial charge on any atom is 0.230 e. The van der Waals surface area contributed by atoms with Crippen LogP contribution in [0.25, 0.3) is 22.4 Å². The van der Waals surface area contributed by atoms with Crippen molar-refractivity contribution in [3.8, 4) is 22.4 Å². The molecule has 2 N–H and O–H groups in total. The van der Waals surface area contributed by atoms with Gasteiger partial charge in [0, 0.05) is 14.5 Å². The Hall–Kier alpha value is -1.66. The van der Waals surface area contributed by atoms with E-state index < -0.39 is 0 Å². The highest BCUT2D eigenvalue weighted by Crippen LogP contribution is 2.40. The molecule has 106 valence electrons. The topological polar surface area (TPSA) is 52.0 Å². The smallest absolute Gasteiger partial charge is 0.230 e. The first-order chi connectivity index (χ1) is 10.1. The van der Waals surface area contributed by atoms with Gasteiger partial charge >= 0.3 is 0 Å². The van der Waals surface area contributed by atoms with Crippen molar-refractivity contribution in [2.24, 2.45) is 0 Å². The molecule has 0 unspecified atom stereocenters. The maximum atomic E-state index is 13.5. The van der Waals surface area contributed by atoms with Gasteiger partial charge in [0.05, 0.1) is 5.56 Å². The second-order valence-corrected chi connectivity index (χ2v) is 6.17. The maximum absolute atomic E-state index is 13.5. The van der Waals surface area contributed by atoms with E-state index in [0.29, 0.717) is 16.8 Å². The Morgan fingerprint density at radius 3 is 2.67 bits per heavy atom. The fraction of sp³-hybridized carbons (Fsp3) is 0. The summed E-state index contributed by atoms with van der Waals surface area (Å²) in [5.41, 5.74) is 8.44. The molecule has 0 radical (unpaired) electrons. The minimum absolute atomic E-state index is 0.155. The molecule has 0 fully saturated rings. The van der Waals surface area contributed by atoms with Crippen LogP contribution >= 0.6 is 31.9 Å². The number of anilines is 1. The minimum Gasteiger partial charge on any atom is -0.367 e. The van der Waals surface area contributed by atoms with E-state index in [-0.39, 0.29) is 11.7 Å². The van der Waals surface area contributed by atoms with Crippen molar-refractivity contribution in [1.29, 1.82) is 0 Å². The molecule has 0 saturated heterocycles. The van der Waals surface area contributed by atoms with Gasteiger partial charge in [0.2, 0.25) is 5.88 Å². The summed E-state index contributed by atoms with van der Waals surface area (Å²) in [7, 11) is 0. The van der Waals surface area contributed by atoms with E-state index in [9.17, 15) is 4.39 Å². The van der Waals surface area contributed by atoms with Gasteiger partial charge in [-0.15, -0.1) is 0 Å². The number of nitrogen functional groups attached to an aromatic ring is 1. The molecule has 0 aliphatic carbocycles. The van der Waals surface area contributed by atoms with Gasteiger partial charge in [0.1, 0.15) is 11.5 Å². The third-order valence-corrected chi connectivity index (χ3v) is 4.20. The number of hydrogen-bond acceptors (Lipinski definition) is 3. The van der Waals surface area contributed by atoms with Crippen LogP contribution in [0.1, 0.15) is 0 Å². The van der Waals surface area contributed by atoms with Crippen LogP contribution in [0.5, 0.6) is 0 Å². The van der Waals surface area contributed by atoms with Gasteiger partial charge in [-0.25, -0.2) is 4.39 Å². The van der Waals surface area contributed by atoms with E-state index in [1.54, 1.807) is 12.1 Å². The summed E-state index contributed by atoms with van der Waals surface area (Å²) in [4.78, 5) is 0. The normalized spacial score (nSPS) is 10.8. The molecular formula is C15H9Br2FN2O. The second kappa shape index (κ2) is 5.61. The Labute approximate surface area is 137 Å². The first kappa shape index (κ1) is 14.3. The van der Waals surface area contributed by atoms with Crippen molar-refractivity contribution in [3.63, 3.8) is 0 Å². The number of nitrogens with zero attached hydrogens (tertiary/aromatic N) is 1. The minimum atomic E-state index is -0.340. The number of nitrogens with two attached hydrogens (primary N) is 1. The lowest BCUT2D eigenvalue weighted by Gasteiger charge is -2.06. The van der Waals surface area contributed by atoms with Gasteiger partial charge in [0.25, 0.3) is 0 Å². The third kappa shape index (κ3) is 2.73. The summed E-state index contributed by atoms with van der Waals surface area (Å²) in [5, 5.41) is 4.02. The number of halogens is 3. The molecule has 2 aromatic carbocycles. The lowest BCUT2D eigenvalue weighted by Crippen LogP contribution is -1.89. The van der Waals surface area contributed by atoms with Crippen molar-refractivity contribution in [3.05, 3.63) is 57.2 Å². The molecule has 0 aliphatic rings. The molecule has 6 heteroatoms. The number of hydrogen-bond donors (Lipinski definition) is 1. The molecule has 0 bridgehead atoms. The Kier molecular flexibility index (Phi) is 3.82. The van der Waals surface area contributed by atoms with Crippen LogP contribution in [0.3, 0.4) is 0 Å². The summed E-state index contributed by atoms with van der Waals surface area (Å²) in [6.07, 6.45) is 0. The number of aromatic nitrogens is 1. The quantitative estimate of drug-likeness (QED) is 0.626. The molecule has 1 aromatic heterocycles. The molecule has 1 heterocycles. The van der Waals surface area contributed by atoms with Crippen molar-refractivity contribution in [1.82, 2.24) is 5.16 Å². The highest BCUT2D eigenvalue weighted by Gasteiger charge is 2.19. The zero-order valence-corrected chi connectivity index (χ0v) is 13.8. The largest absolute Gasteiger partial charge is 0.367 e. The van der Waals surface area contributed by atoms with Crippen LogP contribution in [-0.2, 0) is 0 Å². The van der Waals surface area contributed by atoms with E-state index in [2.05, 4.69) is 37.0 Å². The molecule has 21 heavy (non-hydrogen) atoms. The second-order valence-electron chi connectivity index (χ2n) is 4.40. The lowest BCUT2D eigenvalue weighted by molar-refractivity contribution is 0.439. The fourth-order valence-corrected chi connectivity index (χ4v) is 2.88. The molecule has 0 saturated carbocycles. The summed E-state index contributed by atoms with van der Waals surface area (Å²) < 4.78 is 20.3. The predicted octanol–water partition coefficient (Wildman–Crippen LogP) is 5.25. The van der Waals surface area contributed by atoms with Gasteiger partial charge in [-0.1, -0.05) is 49.1 Å². The SMILES string of the molecule is Nc1onc(-c2cc(Br)ccc2Br)c1-c1cccc(F)c1. The first-order valence-corrected chi connectivity index (χ1v) is 7.61. The summed E-state index contributed by atoms with van der Waals surface area (Å²) in [6, 6.07) is 11.8. The van der Waals surface area contributed by atoms with Gasteiger partial charge in [0.15, 0.2) is 0 Å². The molecule has 0 amide bonds. The molecular weight excluding hydrogens is 403 g/mol. The van der Waals surface area contributed by atoms with Gasteiger partial charge in [-0.05, 0) is 35.9 Å². The van der Waals surface area contributed by atoms with Crippen molar-refractivity contribution in [2.45, 2.75) is 0 Å². The van der Waals surface area contributed by atoms with Crippen molar-refractivity contribution >= 4 is 37.7 Å². The van der Waals surface area contributed by atoms with Gasteiger partial charge in [-0.3, -0.25) is 0 Å². The highest BCUT2D eigenvalue weighted by molar-refractivity contribution is 9.11. The van der Waals surface area contributed by atoms with E-state index >= 15 is 0 Å².